The third kappa shape index (κ3) is 8.02. The number of sulfone groups is 1. The number of alkyl halides is 1. The molecule has 280 valence electrons. The minimum Gasteiger partial charge on any atom is -0.469 e. The number of carbonyl (C=O) groups is 1. The van der Waals surface area contributed by atoms with Crippen LogP contribution >= 0.6 is 0 Å². The van der Waals surface area contributed by atoms with E-state index in [9.17, 15) is 17.6 Å². The van der Waals surface area contributed by atoms with Crippen molar-refractivity contribution in [3.05, 3.63) is 59.9 Å². The predicted molar refractivity (Wildman–Crippen MR) is 194 cm³/mol. The number of likely N-dealkylation sites (tertiary alicyclic amines) is 2. The van der Waals surface area contributed by atoms with Gasteiger partial charge in [0.2, 0.25) is 0 Å². The molecular formula is C40H55F2N3O5S. The molecule has 51 heavy (non-hydrogen) atoms. The number of hydrogen-bond acceptors (Lipinski definition) is 8. The van der Waals surface area contributed by atoms with Gasteiger partial charge < -0.3 is 19.3 Å². The number of anilines is 1. The first-order valence-corrected chi connectivity index (χ1v) is 20.8. The summed E-state index contributed by atoms with van der Waals surface area (Å²) in [7, 11) is -1.93. The molecule has 0 aromatic heterocycles. The summed E-state index contributed by atoms with van der Waals surface area (Å²) in [5, 5.41) is 0. The van der Waals surface area contributed by atoms with Crippen LogP contribution in [0.5, 0.6) is 0 Å². The highest BCUT2D eigenvalue weighted by atomic mass is 32.2. The molecule has 0 radical (unpaired) electrons. The van der Waals surface area contributed by atoms with E-state index in [2.05, 4.69) is 15.9 Å². The lowest BCUT2D eigenvalue weighted by molar-refractivity contribution is -0.142. The van der Waals surface area contributed by atoms with E-state index >= 15 is 4.39 Å². The first kappa shape index (κ1) is 36.7. The second-order valence-electron chi connectivity index (χ2n) is 16.1. The van der Waals surface area contributed by atoms with Gasteiger partial charge in [-0.1, -0.05) is 18.6 Å². The minimum atomic E-state index is -3.39. The van der Waals surface area contributed by atoms with Crippen molar-refractivity contribution in [2.75, 3.05) is 83.3 Å². The topological polar surface area (TPSA) is 79.4 Å². The van der Waals surface area contributed by atoms with Gasteiger partial charge in [0.05, 0.1) is 30.8 Å². The fourth-order valence-corrected chi connectivity index (χ4v) is 11.8. The van der Waals surface area contributed by atoms with Gasteiger partial charge in [-0.15, -0.1) is 0 Å². The van der Waals surface area contributed by atoms with Gasteiger partial charge in [-0.25, -0.2) is 17.2 Å². The molecule has 4 aliphatic heterocycles. The number of carbonyl (C=O) groups excluding carboxylic acids is 1. The number of rotatable bonds is 13. The van der Waals surface area contributed by atoms with E-state index < -0.39 is 15.5 Å². The molecule has 5 fully saturated rings. The molecule has 0 bridgehead atoms. The minimum absolute atomic E-state index is 0.125. The first-order valence-electron chi connectivity index (χ1n) is 19.2. The van der Waals surface area contributed by atoms with Gasteiger partial charge in [-0.05, 0) is 137 Å². The van der Waals surface area contributed by atoms with Crippen LogP contribution in [0.2, 0.25) is 0 Å². The van der Waals surface area contributed by atoms with Crippen molar-refractivity contribution in [3.63, 3.8) is 0 Å². The molecule has 2 aromatic carbocycles. The van der Waals surface area contributed by atoms with Gasteiger partial charge in [-0.3, -0.25) is 9.69 Å². The number of ether oxygens (including phenoxy) is 2. The van der Waals surface area contributed by atoms with E-state index in [-0.39, 0.29) is 59.7 Å². The van der Waals surface area contributed by atoms with E-state index in [1.54, 1.807) is 18.2 Å². The molecule has 11 heteroatoms. The Morgan fingerprint density at radius 1 is 0.941 bits per heavy atom. The number of nitrogens with zero attached hydrogens (tertiary/aromatic N) is 3. The number of halogens is 2. The Bertz CT molecular complexity index is 1600. The molecule has 0 amide bonds. The molecular weight excluding hydrogens is 673 g/mol. The van der Waals surface area contributed by atoms with Gasteiger partial charge in [0, 0.05) is 43.8 Å². The summed E-state index contributed by atoms with van der Waals surface area (Å²) in [5.41, 5.74) is 0.258. The monoisotopic (exact) mass is 727 g/mol. The Labute approximate surface area is 302 Å². The summed E-state index contributed by atoms with van der Waals surface area (Å²) in [6.07, 6.45) is 7.95. The maximum atomic E-state index is 16.2. The third-order valence-electron chi connectivity index (χ3n) is 12.9. The number of benzene rings is 2. The highest BCUT2D eigenvalue weighted by Gasteiger charge is 2.53. The lowest BCUT2D eigenvalue weighted by Crippen LogP contribution is -2.64. The van der Waals surface area contributed by atoms with Crippen molar-refractivity contribution in [2.45, 2.75) is 73.8 Å². The molecule has 1 aliphatic carbocycles. The Morgan fingerprint density at radius 3 is 2.31 bits per heavy atom. The second kappa shape index (κ2) is 15.4. The van der Waals surface area contributed by atoms with Crippen molar-refractivity contribution in [2.24, 2.45) is 23.7 Å². The van der Waals surface area contributed by atoms with Crippen LogP contribution < -0.4 is 4.90 Å². The van der Waals surface area contributed by atoms with Crippen molar-refractivity contribution in [1.29, 1.82) is 0 Å². The lowest BCUT2D eigenvalue weighted by Gasteiger charge is -2.54. The van der Waals surface area contributed by atoms with E-state index in [4.69, 9.17) is 9.47 Å². The van der Waals surface area contributed by atoms with Gasteiger partial charge >= 0.3 is 5.97 Å². The van der Waals surface area contributed by atoms with E-state index in [0.29, 0.717) is 31.1 Å². The average molecular weight is 728 g/mol. The van der Waals surface area contributed by atoms with Crippen molar-refractivity contribution >= 4 is 21.5 Å². The fraction of sp³-hybridized carbons (Fsp3) is 0.675. The van der Waals surface area contributed by atoms with Crippen LogP contribution in [0.4, 0.5) is 14.5 Å². The smallest absolute Gasteiger partial charge is 0.305 e. The summed E-state index contributed by atoms with van der Waals surface area (Å²) in [5.74, 6) is 0.589. The number of methoxy groups -OCH3 is 1. The Hall–Kier alpha value is -2.60. The van der Waals surface area contributed by atoms with Crippen LogP contribution in [0.1, 0.15) is 63.4 Å². The molecule has 0 spiro atoms. The lowest BCUT2D eigenvalue weighted by atomic mass is 9.56. The largest absolute Gasteiger partial charge is 0.469 e. The highest BCUT2D eigenvalue weighted by molar-refractivity contribution is 7.91. The van der Waals surface area contributed by atoms with Crippen LogP contribution in [0.15, 0.2) is 53.4 Å². The van der Waals surface area contributed by atoms with Gasteiger partial charge in [-0.2, -0.15) is 0 Å². The number of piperidine rings is 1. The van der Waals surface area contributed by atoms with Crippen molar-refractivity contribution in [1.82, 2.24) is 9.80 Å². The summed E-state index contributed by atoms with van der Waals surface area (Å²) >= 11 is 0. The van der Waals surface area contributed by atoms with Crippen molar-refractivity contribution in [3.8, 4) is 0 Å². The first-order chi connectivity index (χ1) is 24.6. The van der Waals surface area contributed by atoms with Crippen molar-refractivity contribution < 1.29 is 31.5 Å². The average Bonchev–Trinajstić information content (AvgIpc) is 3.56. The molecule has 4 saturated heterocycles. The molecule has 4 heterocycles. The Morgan fingerprint density at radius 2 is 1.67 bits per heavy atom. The van der Waals surface area contributed by atoms with E-state index in [1.165, 1.54) is 19.6 Å². The quantitative estimate of drug-likeness (QED) is 0.237. The third-order valence-corrected chi connectivity index (χ3v) is 14.8. The van der Waals surface area contributed by atoms with Gasteiger partial charge in [0.25, 0.3) is 0 Å². The molecule has 1 saturated carbocycles. The fourth-order valence-electron chi connectivity index (χ4n) is 10.1. The van der Waals surface area contributed by atoms with Crippen LogP contribution in [-0.4, -0.2) is 108 Å². The summed E-state index contributed by atoms with van der Waals surface area (Å²) in [6.45, 7) is 6.65. The van der Waals surface area contributed by atoms with Gasteiger partial charge in [0.1, 0.15) is 5.82 Å². The van der Waals surface area contributed by atoms with Crippen LogP contribution in [-0.2, 0) is 29.5 Å². The molecule has 0 unspecified atom stereocenters. The zero-order chi connectivity index (χ0) is 35.6. The second-order valence-corrected chi connectivity index (χ2v) is 18.2. The van der Waals surface area contributed by atoms with Crippen LogP contribution in [0.3, 0.4) is 0 Å². The molecule has 7 rings (SSSR count). The Kier molecular flexibility index (Phi) is 11.1. The Balaban J connectivity index is 1.01. The molecule has 3 atom stereocenters. The predicted octanol–water partition coefficient (Wildman–Crippen LogP) is 5.89. The van der Waals surface area contributed by atoms with E-state index in [1.807, 2.05) is 23.1 Å². The maximum Gasteiger partial charge on any atom is 0.305 e. The molecule has 2 aromatic rings. The van der Waals surface area contributed by atoms with E-state index in [0.717, 1.165) is 88.9 Å². The SMILES string of the molecule is COC(=O)C[C@H]1CCC[C@@H]1[C@](CN1CCC1)(c1cccc(F)c1)C1CCN(CC2(F)CN(c3ccc(S(=O)(=O)CC4CCOCC4)cc3)C2)CC1. The molecule has 0 N–H and O–H groups in total. The zero-order valence-corrected chi connectivity index (χ0v) is 30.9. The summed E-state index contributed by atoms with van der Waals surface area (Å²) in [4.78, 5) is 19.7. The summed E-state index contributed by atoms with van der Waals surface area (Å²) in [6, 6.07) is 14.2. The standard InChI is InChI=1S/C40H55F2N3O5S/c1-49-38(46)23-31-5-2-8-37(31)40(29-43-17-4-18-43,33-6-3-7-34(41)24-33)32-13-19-44(20-14-32)26-39(42)27-45(28-39)35-9-11-36(12-10-35)51(47,48)25-30-15-21-50-22-16-30/h3,6-7,9-12,24,30-32,37H,2,4-5,8,13-23,25-29H2,1H3/t31-,37+,40+/m1/s1. The zero-order valence-electron chi connectivity index (χ0n) is 30.1. The molecule has 8 nitrogen and oxygen atoms in total. The number of hydrogen-bond donors (Lipinski definition) is 0. The normalized spacial score (nSPS) is 26.3. The maximum absolute atomic E-state index is 16.2. The van der Waals surface area contributed by atoms with Crippen LogP contribution in [0.25, 0.3) is 0 Å². The number of esters is 1. The van der Waals surface area contributed by atoms with Gasteiger partial charge in [0.15, 0.2) is 15.5 Å². The highest BCUT2D eigenvalue weighted by Crippen LogP contribution is 2.54. The van der Waals surface area contributed by atoms with Crippen LogP contribution in [0, 0.1) is 29.5 Å². The summed E-state index contributed by atoms with van der Waals surface area (Å²) < 4.78 is 67.7. The molecule has 5 aliphatic rings.